The molecule has 7 heteroatoms. The van der Waals surface area contributed by atoms with Crippen LogP contribution in [0.4, 0.5) is 0 Å². The fourth-order valence-corrected chi connectivity index (χ4v) is 4.94. The maximum Gasteiger partial charge on any atom is 0.271 e. The molecular formula is C19H18N2O4S. The molecule has 3 rings (SSSR count). The third-order valence-corrected chi connectivity index (χ3v) is 6.48. The largest absolute Gasteiger partial charge is 0.271 e. The van der Waals surface area contributed by atoms with Crippen LogP contribution in [0.1, 0.15) is 24.5 Å². The van der Waals surface area contributed by atoms with E-state index in [0.717, 1.165) is 16.0 Å². The Hall–Kier alpha value is -2.72. The lowest BCUT2D eigenvalue weighted by Crippen LogP contribution is -2.49. The number of sulfone groups is 1. The van der Waals surface area contributed by atoms with Crippen LogP contribution in [0.15, 0.2) is 41.0 Å². The average Bonchev–Trinajstić information content (AvgIpc) is 2.93. The van der Waals surface area contributed by atoms with Gasteiger partial charge in [-0.25, -0.2) is 8.42 Å². The van der Waals surface area contributed by atoms with Crippen molar-refractivity contribution >= 4 is 27.7 Å². The van der Waals surface area contributed by atoms with Crippen molar-refractivity contribution in [2.75, 3.05) is 11.5 Å². The van der Waals surface area contributed by atoms with Gasteiger partial charge in [-0.15, -0.1) is 0 Å². The smallest absolute Gasteiger partial charge is 0.270 e. The van der Waals surface area contributed by atoms with Gasteiger partial charge in [0.2, 0.25) is 0 Å². The zero-order valence-corrected chi connectivity index (χ0v) is 15.3. The van der Waals surface area contributed by atoms with Gasteiger partial charge < -0.3 is 0 Å². The van der Waals surface area contributed by atoms with E-state index >= 15 is 0 Å². The Morgan fingerprint density at radius 1 is 1.15 bits per heavy atom. The lowest BCUT2D eigenvalue weighted by Gasteiger charge is -2.31. The highest BCUT2D eigenvalue weighted by molar-refractivity contribution is 7.91. The van der Waals surface area contributed by atoms with Crippen LogP contribution >= 0.6 is 0 Å². The van der Waals surface area contributed by atoms with E-state index in [1.54, 1.807) is 13.0 Å². The number of hydrogen-bond acceptors (Lipinski definition) is 5. The van der Waals surface area contributed by atoms with Crippen LogP contribution in [0.2, 0.25) is 0 Å². The van der Waals surface area contributed by atoms with Gasteiger partial charge in [-0.3, -0.25) is 14.5 Å². The summed E-state index contributed by atoms with van der Waals surface area (Å²) in [4.78, 5) is 26.6. The van der Waals surface area contributed by atoms with Crippen molar-refractivity contribution in [2.24, 2.45) is 0 Å². The fraction of sp³-hybridized carbons (Fsp3) is 0.316. The quantitative estimate of drug-likeness (QED) is 0.584. The van der Waals surface area contributed by atoms with E-state index in [9.17, 15) is 23.3 Å². The van der Waals surface area contributed by atoms with Crippen molar-refractivity contribution in [1.29, 1.82) is 5.26 Å². The van der Waals surface area contributed by atoms with Crippen molar-refractivity contribution in [2.45, 2.75) is 26.3 Å². The normalized spacial score (nSPS) is 24.3. The molecule has 1 saturated heterocycles. The Balaban J connectivity index is 2.08. The highest BCUT2D eigenvalue weighted by Crippen LogP contribution is 2.31. The van der Waals surface area contributed by atoms with Gasteiger partial charge >= 0.3 is 0 Å². The monoisotopic (exact) mass is 370 g/mol. The predicted molar refractivity (Wildman–Crippen MR) is 96.4 cm³/mol. The molecule has 1 aromatic carbocycles. The van der Waals surface area contributed by atoms with E-state index < -0.39 is 27.7 Å². The number of hydrogen-bond donors (Lipinski definition) is 0. The van der Waals surface area contributed by atoms with Gasteiger partial charge in [0.1, 0.15) is 11.6 Å². The highest BCUT2D eigenvalue weighted by Gasteiger charge is 2.43. The van der Waals surface area contributed by atoms with Gasteiger partial charge in [0.25, 0.3) is 11.8 Å². The number of imide groups is 1. The van der Waals surface area contributed by atoms with Gasteiger partial charge in [0.05, 0.1) is 17.5 Å². The molecule has 1 unspecified atom stereocenters. The van der Waals surface area contributed by atoms with Gasteiger partial charge in [-0.05, 0) is 37.5 Å². The molecule has 2 aliphatic rings. The Bertz CT molecular complexity index is 995. The molecule has 2 amide bonds. The minimum Gasteiger partial charge on any atom is -0.270 e. The van der Waals surface area contributed by atoms with Gasteiger partial charge in [-0.1, -0.05) is 29.8 Å². The average molecular weight is 370 g/mol. The number of nitrogens with zero attached hydrogens (tertiary/aromatic N) is 2. The Labute approximate surface area is 152 Å². The zero-order chi connectivity index (χ0) is 19.1. The van der Waals surface area contributed by atoms with Gasteiger partial charge in [0, 0.05) is 5.57 Å². The second kappa shape index (κ2) is 6.54. The topological polar surface area (TPSA) is 95.3 Å². The number of benzene rings is 1. The first-order chi connectivity index (χ1) is 12.2. The summed E-state index contributed by atoms with van der Waals surface area (Å²) in [5.41, 5.74) is 2.28. The molecule has 1 aromatic rings. The van der Waals surface area contributed by atoms with Crippen molar-refractivity contribution in [3.63, 3.8) is 0 Å². The molecule has 26 heavy (non-hydrogen) atoms. The van der Waals surface area contributed by atoms with Crippen LogP contribution in [-0.4, -0.2) is 42.7 Å². The number of rotatable bonds is 2. The number of nitriles is 1. The molecule has 0 radical (unpaired) electrons. The summed E-state index contributed by atoms with van der Waals surface area (Å²) in [5.74, 6) is -1.57. The maximum atomic E-state index is 13.0. The van der Waals surface area contributed by atoms with E-state index in [1.165, 1.54) is 0 Å². The zero-order valence-electron chi connectivity index (χ0n) is 14.5. The van der Waals surface area contributed by atoms with Crippen LogP contribution < -0.4 is 0 Å². The molecule has 2 aliphatic heterocycles. The first-order valence-electron chi connectivity index (χ1n) is 8.21. The summed E-state index contributed by atoms with van der Waals surface area (Å²) in [7, 11) is -3.28. The van der Waals surface area contributed by atoms with Crippen molar-refractivity contribution in [3.05, 3.63) is 52.1 Å². The first-order valence-corrected chi connectivity index (χ1v) is 10.0. The Morgan fingerprint density at radius 2 is 1.81 bits per heavy atom. The molecule has 1 atom stereocenters. The third kappa shape index (κ3) is 3.20. The maximum absolute atomic E-state index is 13.0. The molecule has 0 saturated carbocycles. The minimum absolute atomic E-state index is 0.0592. The number of amides is 2. The van der Waals surface area contributed by atoms with E-state index in [1.807, 2.05) is 37.3 Å². The summed E-state index contributed by atoms with van der Waals surface area (Å²) in [6.45, 7) is 3.51. The van der Waals surface area contributed by atoms with Crippen molar-refractivity contribution < 1.29 is 18.0 Å². The molecule has 0 N–H and O–H groups in total. The number of carbonyl (C=O) groups is 2. The van der Waals surface area contributed by atoms with Crippen LogP contribution in [0.25, 0.3) is 6.08 Å². The summed E-state index contributed by atoms with van der Waals surface area (Å²) in [6, 6.07) is 8.63. The SMILES string of the molecule is CC1=C(C#N)C(=O)N(C2CCS(=O)(=O)C2)C(=O)C1=Cc1ccc(C)cc1. The lowest BCUT2D eigenvalue weighted by molar-refractivity contribution is -0.142. The molecule has 0 spiro atoms. The van der Waals surface area contributed by atoms with E-state index in [0.29, 0.717) is 5.57 Å². The van der Waals surface area contributed by atoms with Gasteiger partial charge in [-0.2, -0.15) is 5.26 Å². The lowest BCUT2D eigenvalue weighted by atomic mass is 9.92. The summed E-state index contributed by atoms with van der Waals surface area (Å²) < 4.78 is 23.6. The summed E-state index contributed by atoms with van der Waals surface area (Å²) >= 11 is 0. The van der Waals surface area contributed by atoms with Crippen molar-refractivity contribution in [1.82, 2.24) is 4.90 Å². The second-order valence-corrected chi connectivity index (χ2v) is 8.85. The second-order valence-electron chi connectivity index (χ2n) is 6.62. The fourth-order valence-electron chi connectivity index (χ4n) is 3.24. The van der Waals surface area contributed by atoms with Gasteiger partial charge in [0.15, 0.2) is 9.84 Å². The predicted octanol–water partition coefficient (Wildman–Crippen LogP) is 1.77. The first kappa shape index (κ1) is 18.1. The van der Waals surface area contributed by atoms with E-state index in [2.05, 4.69) is 0 Å². The highest BCUT2D eigenvalue weighted by atomic mass is 32.2. The van der Waals surface area contributed by atoms with Crippen LogP contribution in [-0.2, 0) is 19.4 Å². The standard InChI is InChI=1S/C19H18N2O4S/c1-12-3-5-14(6-4-12)9-16-13(2)17(10-20)19(23)21(18(16)22)15-7-8-26(24,25)11-15/h3-6,9,15H,7-8,11H2,1-2H3. The van der Waals surface area contributed by atoms with E-state index in [4.69, 9.17) is 0 Å². The Kier molecular flexibility index (Phi) is 4.55. The molecule has 134 valence electrons. The Morgan fingerprint density at radius 3 is 2.35 bits per heavy atom. The number of aryl methyl sites for hydroxylation is 1. The van der Waals surface area contributed by atoms with Crippen molar-refractivity contribution in [3.8, 4) is 6.07 Å². The van der Waals surface area contributed by atoms with Crippen LogP contribution in [0, 0.1) is 18.3 Å². The minimum atomic E-state index is -3.28. The van der Waals surface area contributed by atoms with Crippen LogP contribution in [0.3, 0.4) is 0 Å². The number of carbonyl (C=O) groups excluding carboxylic acids is 2. The third-order valence-electron chi connectivity index (χ3n) is 4.73. The molecular weight excluding hydrogens is 352 g/mol. The van der Waals surface area contributed by atoms with Crippen LogP contribution in [0.5, 0.6) is 0 Å². The molecule has 1 fully saturated rings. The molecule has 0 aliphatic carbocycles. The summed E-state index contributed by atoms with van der Waals surface area (Å²) in [6.07, 6.45) is 1.84. The molecule has 0 bridgehead atoms. The molecule has 2 heterocycles. The van der Waals surface area contributed by atoms with E-state index in [-0.39, 0.29) is 29.1 Å². The summed E-state index contributed by atoms with van der Waals surface area (Å²) in [5, 5.41) is 9.39. The molecule has 0 aromatic heterocycles. The molecule has 6 nitrogen and oxygen atoms in total.